The maximum Gasteiger partial charge on any atom is 0.263 e. The van der Waals surface area contributed by atoms with Crippen LogP contribution in [0.1, 0.15) is 119 Å². The number of hydrogen-bond acceptors (Lipinski definition) is 2. The Bertz CT molecular complexity index is 839. The van der Waals surface area contributed by atoms with Crippen molar-refractivity contribution in [3.63, 3.8) is 0 Å². The van der Waals surface area contributed by atoms with Crippen LogP contribution in [-0.4, -0.2) is 5.05 Å². The van der Waals surface area contributed by atoms with Gasteiger partial charge in [-0.25, -0.2) is 8.78 Å². The van der Waals surface area contributed by atoms with Gasteiger partial charge in [-0.3, -0.25) is 0 Å². The third kappa shape index (κ3) is 8.76. The molecule has 0 amide bonds. The van der Waals surface area contributed by atoms with Crippen molar-refractivity contribution >= 4 is 17.3 Å². The molecule has 2 aromatic rings. The van der Waals surface area contributed by atoms with Crippen LogP contribution in [0.2, 0.25) is 0 Å². The second kappa shape index (κ2) is 14.6. The Morgan fingerprint density at radius 3 is 2.00 bits per heavy atom. The minimum absolute atomic E-state index is 0.0107. The van der Waals surface area contributed by atoms with Crippen molar-refractivity contribution in [2.75, 3.05) is 0 Å². The Kier molecular flexibility index (Phi) is 11.5. The van der Waals surface area contributed by atoms with Gasteiger partial charge in [0.25, 0.3) is 6.43 Å². The third-order valence-corrected chi connectivity index (χ3v) is 7.59. The highest BCUT2D eigenvalue weighted by molar-refractivity contribution is 7.80. The fourth-order valence-electron chi connectivity index (χ4n) is 5.09. The molecule has 0 aliphatic heterocycles. The van der Waals surface area contributed by atoms with E-state index in [1.807, 2.05) is 12.1 Å². The molecule has 0 radical (unpaired) electrons. The Morgan fingerprint density at radius 1 is 0.824 bits per heavy atom. The zero-order valence-corrected chi connectivity index (χ0v) is 21.4. The van der Waals surface area contributed by atoms with Gasteiger partial charge in [-0.05, 0) is 79.6 Å². The van der Waals surface area contributed by atoms with E-state index in [1.165, 1.54) is 101 Å². The molecule has 34 heavy (non-hydrogen) atoms. The molecule has 0 atom stereocenters. The highest BCUT2D eigenvalue weighted by atomic mass is 32.1. The number of halogens is 2. The summed E-state index contributed by atoms with van der Waals surface area (Å²) in [6.07, 6.45) is 15.4. The fourth-order valence-corrected chi connectivity index (χ4v) is 5.32. The first-order valence-corrected chi connectivity index (χ1v) is 13.7. The molecule has 1 saturated carbocycles. The Balaban J connectivity index is 1.35. The number of unbranched alkanes of at least 4 members (excludes halogenated alkanes) is 7. The summed E-state index contributed by atoms with van der Waals surface area (Å²) >= 11 is 5.35. The van der Waals surface area contributed by atoms with E-state index in [2.05, 4.69) is 19.1 Å². The lowest BCUT2D eigenvalue weighted by Crippen LogP contribution is -2.13. The smallest absolute Gasteiger partial charge is 0.263 e. The number of hydrogen-bond donors (Lipinski definition) is 0. The predicted molar refractivity (Wildman–Crippen MR) is 142 cm³/mol. The first kappa shape index (κ1) is 26.8. The van der Waals surface area contributed by atoms with E-state index in [0.717, 1.165) is 5.92 Å². The van der Waals surface area contributed by atoms with Crippen LogP contribution < -0.4 is 4.74 Å². The van der Waals surface area contributed by atoms with Crippen LogP contribution in [-0.2, 0) is 0 Å². The van der Waals surface area contributed by atoms with Crippen molar-refractivity contribution in [2.24, 2.45) is 5.92 Å². The van der Waals surface area contributed by atoms with Gasteiger partial charge >= 0.3 is 0 Å². The van der Waals surface area contributed by atoms with Crippen molar-refractivity contribution in [3.8, 4) is 5.75 Å². The SMILES string of the molecule is CCCCCCCCCC[C@H]1CC[C@H](c2ccc(OC(=S)c3ccc(C(F)F)cc3)cc2)CC1. The molecule has 1 nitrogen and oxygen atoms in total. The summed E-state index contributed by atoms with van der Waals surface area (Å²) < 4.78 is 31.2. The summed E-state index contributed by atoms with van der Waals surface area (Å²) in [6, 6.07) is 14.2. The zero-order chi connectivity index (χ0) is 24.2. The van der Waals surface area contributed by atoms with E-state index in [1.54, 1.807) is 12.1 Å². The van der Waals surface area contributed by atoms with Gasteiger partial charge < -0.3 is 4.74 Å². The van der Waals surface area contributed by atoms with Crippen molar-refractivity contribution in [1.82, 2.24) is 0 Å². The number of ether oxygens (including phenoxy) is 1. The molecule has 0 heterocycles. The number of alkyl halides is 2. The molecule has 2 aromatic carbocycles. The molecule has 1 fully saturated rings. The second-order valence-corrected chi connectivity index (χ2v) is 10.2. The van der Waals surface area contributed by atoms with Gasteiger partial charge in [-0.1, -0.05) is 89.0 Å². The van der Waals surface area contributed by atoms with Gasteiger partial charge in [0, 0.05) is 11.1 Å². The van der Waals surface area contributed by atoms with E-state index in [-0.39, 0.29) is 5.56 Å². The number of rotatable bonds is 13. The molecule has 1 aliphatic rings. The topological polar surface area (TPSA) is 9.23 Å². The highest BCUT2D eigenvalue weighted by Crippen LogP contribution is 2.38. The lowest BCUT2D eigenvalue weighted by Gasteiger charge is -2.29. The van der Waals surface area contributed by atoms with E-state index in [4.69, 9.17) is 17.0 Å². The van der Waals surface area contributed by atoms with Gasteiger partial charge in [-0.15, -0.1) is 0 Å². The monoisotopic (exact) mass is 486 g/mol. The van der Waals surface area contributed by atoms with Crippen LogP contribution in [0, 0.1) is 5.92 Å². The summed E-state index contributed by atoms with van der Waals surface area (Å²) in [6.45, 7) is 2.28. The van der Waals surface area contributed by atoms with Gasteiger partial charge in [0.05, 0.1) is 0 Å². The molecule has 0 bridgehead atoms. The van der Waals surface area contributed by atoms with E-state index in [9.17, 15) is 8.78 Å². The summed E-state index contributed by atoms with van der Waals surface area (Å²) in [7, 11) is 0. The van der Waals surface area contributed by atoms with Crippen LogP contribution in [0.15, 0.2) is 48.5 Å². The van der Waals surface area contributed by atoms with Crippen molar-refractivity contribution in [3.05, 3.63) is 65.2 Å². The van der Waals surface area contributed by atoms with Crippen molar-refractivity contribution in [1.29, 1.82) is 0 Å². The summed E-state index contributed by atoms with van der Waals surface area (Å²) in [5.41, 5.74) is 2.01. The first-order chi connectivity index (χ1) is 16.6. The standard InChI is InChI=1S/C30H40F2OS/c1-2-3-4-5-6-7-8-9-10-23-11-13-24(14-12-23)25-19-21-28(22-20-25)33-30(34)27-17-15-26(16-18-27)29(31)32/h15-24,29H,2-14H2,1H3/t23-,24-. The summed E-state index contributed by atoms with van der Waals surface area (Å²) in [4.78, 5) is 0. The average Bonchev–Trinajstić information content (AvgIpc) is 2.86. The van der Waals surface area contributed by atoms with Gasteiger partial charge in [0.2, 0.25) is 0 Å². The first-order valence-electron chi connectivity index (χ1n) is 13.3. The molecule has 3 rings (SSSR count). The molecule has 0 aromatic heterocycles. The fraction of sp³-hybridized carbons (Fsp3) is 0.567. The molecular formula is C30H40F2OS. The lowest BCUT2D eigenvalue weighted by atomic mass is 9.77. The molecule has 0 N–H and O–H groups in total. The van der Waals surface area contributed by atoms with Crippen LogP contribution in [0.4, 0.5) is 8.78 Å². The molecule has 0 saturated heterocycles. The van der Waals surface area contributed by atoms with Crippen LogP contribution >= 0.6 is 12.2 Å². The van der Waals surface area contributed by atoms with Gasteiger partial charge in [-0.2, -0.15) is 0 Å². The van der Waals surface area contributed by atoms with Crippen molar-refractivity contribution < 1.29 is 13.5 Å². The summed E-state index contributed by atoms with van der Waals surface area (Å²) in [5.74, 6) is 2.24. The van der Waals surface area contributed by atoms with Crippen LogP contribution in [0.25, 0.3) is 0 Å². The Hall–Kier alpha value is -1.81. The Labute approximate surface area is 210 Å². The van der Waals surface area contributed by atoms with Crippen LogP contribution in [0.5, 0.6) is 5.75 Å². The molecule has 4 heteroatoms. The largest absolute Gasteiger partial charge is 0.445 e. The Morgan fingerprint density at radius 2 is 1.41 bits per heavy atom. The summed E-state index contributed by atoms with van der Waals surface area (Å²) in [5, 5.41) is 0.301. The quantitative estimate of drug-likeness (QED) is 0.206. The minimum Gasteiger partial charge on any atom is -0.445 e. The molecule has 0 unspecified atom stereocenters. The lowest BCUT2D eigenvalue weighted by molar-refractivity contribution is 0.151. The van der Waals surface area contributed by atoms with E-state index in [0.29, 0.717) is 22.3 Å². The molecule has 0 spiro atoms. The minimum atomic E-state index is -2.48. The van der Waals surface area contributed by atoms with Crippen LogP contribution in [0.3, 0.4) is 0 Å². The van der Waals surface area contributed by atoms with Crippen molar-refractivity contribution in [2.45, 2.75) is 103 Å². The maximum atomic E-state index is 12.7. The highest BCUT2D eigenvalue weighted by Gasteiger charge is 2.22. The normalized spacial score (nSPS) is 18.2. The maximum absolute atomic E-state index is 12.7. The molecule has 186 valence electrons. The van der Waals surface area contributed by atoms with E-state index < -0.39 is 6.43 Å². The number of benzene rings is 2. The predicted octanol–water partition coefficient (Wildman–Crippen LogP) is 10.2. The average molecular weight is 487 g/mol. The van der Waals surface area contributed by atoms with Gasteiger partial charge in [0.15, 0.2) is 5.05 Å². The second-order valence-electron chi connectivity index (χ2n) is 9.86. The molecule has 1 aliphatic carbocycles. The van der Waals surface area contributed by atoms with E-state index >= 15 is 0 Å². The van der Waals surface area contributed by atoms with Gasteiger partial charge in [0.1, 0.15) is 5.75 Å². The molecular weight excluding hydrogens is 446 g/mol. The zero-order valence-electron chi connectivity index (χ0n) is 20.6. The third-order valence-electron chi connectivity index (χ3n) is 7.27. The number of thiocarbonyl (C=S) groups is 1.